The predicted molar refractivity (Wildman–Crippen MR) is 152 cm³/mol. The molecule has 5 aromatic rings. The van der Waals surface area contributed by atoms with Crippen LogP contribution in [0.1, 0.15) is 5.56 Å². The van der Waals surface area contributed by atoms with Gasteiger partial charge in [-0.15, -0.1) is 0 Å². The molecule has 1 amide bonds. The molecule has 0 radical (unpaired) electrons. The number of primary amides is 1. The van der Waals surface area contributed by atoms with Crippen molar-refractivity contribution in [3.8, 4) is 23.1 Å². The SMILES string of the molecule is COc1cc(C=Nn2c(-c3cc4cc(Br)ccc4o3)nc3ccccc3c2=O)cc(I)c1OCC(N)=O. The maximum absolute atomic E-state index is 13.5. The summed E-state index contributed by atoms with van der Waals surface area (Å²) in [7, 11) is 1.49. The van der Waals surface area contributed by atoms with E-state index in [9.17, 15) is 9.59 Å². The van der Waals surface area contributed by atoms with E-state index in [1.807, 2.05) is 30.3 Å². The molecule has 0 atom stereocenters. The lowest BCUT2D eigenvalue weighted by molar-refractivity contribution is -0.119. The van der Waals surface area contributed by atoms with Crippen LogP contribution in [-0.4, -0.2) is 35.5 Å². The van der Waals surface area contributed by atoms with E-state index in [1.165, 1.54) is 18.0 Å². The van der Waals surface area contributed by atoms with Gasteiger partial charge in [-0.2, -0.15) is 9.78 Å². The Kier molecular flexibility index (Phi) is 6.98. The van der Waals surface area contributed by atoms with Crippen molar-refractivity contribution in [3.63, 3.8) is 0 Å². The van der Waals surface area contributed by atoms with Crippen LogP contribution in [0.2, 0.25) is 0 Å². The van der Waals surface area contributed by atoms with Crippen molar-refractivity contribution >= 4 is 72.5 Å². The quantitative estimate of drug-likeness (QED) is 0.193. The molecule has 11 heteroatoms. The van der Waals surface area contributed by atoms with Crippen molar-refractivity contribution in [1.82, 2.24) is 9.66 Å². The predicted octanol–water partition coefficient (Wildman–Crippen LogP) is 4.93. The van der Waals surface area contributed by atoms with Gasteiger partial charge in [0.05, 0.1) is 27.8 Å². The first-order chi connectivity index (χ1) is 17.8. The Balaban J connectivity index is 1.63. The molecule has 5 rings (SSSR count). The molecule has 2 aromatic heterocycles. The smallest absolute Gasteiger partial charge is 0.282 e. The molecule has 186 valence electrons. The Morgan fingerprint density at radius 2 is 2.03 bits per heavy atom. The molecule has 2 N–H and O–H groups in total. The number of carbonyl (C=O) groups excluding carboxylic acids is 1. The van der Waals surface area contributed by atoms with E-state index in [0.29, 0.717) is 42.9 Å². The summed E-state index contributed by atoms with van der Waals surface area (Å²) in [4.78, 5) is 29.3. The number of amides is 1. The van der Waals surface area contributed by atoms with Crippen LogP contribution in [0.15, 0.2) is 79.4 Å². The number of hydrogen-bond donors (Lipinski definition) is 1. The average molecular weight is 673 g/mol. The van der Waals surface area contributed by atoms with Gasteiger partial charge in [-0.3, -0.25) is 9.59 Å². The lowest BCUT2D eigenvalue weighted by atomic mass is 10.2. The molecule has 0 aliphatic heterocycles. The zero-order valence-electron chi connectivity index (χ0n) is 19.3. The molecule has 3 aromatic carbocycles. The maximum Gasteiger partial charge on any atom is 0.282 e. The van der Waals surface area contributed by atoms with Gasteiger partial charge in [-0.25, -0.2) is 4.98 Å². The standard InChI is InChI=1S/C26H18BrIN4O5/c1-35-21-9-14(8-18(28)24(21)36-13-23(29)33)12-30-32-25(31-19-5-3-2-4-17(19)26(32)34)22-11-15-10-16(27)6-7-20(15)37-22/h2-12H,13H2,1H3,(H2,29,33). The second-order valence-electron chi connectivity index (χ2n) is 7.90. The summed E-state index contributed by atoms with van der Waals surface area (Å²) >= 11 is 5.53. The maximum atomic E-state index is 13.5. The molecule has 0 spiro atoms. The van der Waals surface area contributed by atoms with E-state index in [1.54, 1.807) is 30.3 Å². The highest BCUT2D eigenvalue weighted by Gasteiger charge is 2.17. The molecule has 2 heterocycles. The first-order valence-electron chi connectivity index (χ1n) is 10.9. The summed E-state index contributed by atoms with van der Waals surface area (Å²) in [6.45, 7) is -0.282. The number of benzene rings is 3. The van der Waals surface area contributed by atoms with Crippen LogP contribution in [0.4, 0.5) is 0 Å². The van der Waals surface area contributed by atoms with Crippen molar-refractivity contribution in [2.45, 2.75) is 0 Å². The Hall–Kier alpha value is -3.71. The Bertz CT molecular complexity index is 1760. The average Bonchev–Trinajstić information content (AvgIpc) is 3.30. The van der Waals surface area contributed by atoms with Crippen LogP contribution in [0.5, 0.6) is 11.5 Å². The number of furan rings is 1. The van der Waals surface area contributed by atoms with E-state index >= 15 is 0 Å². The summed E-state index contributed by atoms with van der Waals surface area (Å²) < 4.78 is 19.7. The first kappa shape index (κ1) is 25.0. The third-order valence-electron chi connectivity index (χ3n) is 5.39. The second-order valence-corrected chi connectivity index (χ2v) is 9.97. The number of nitrogens with two attached hydrogens (primary N) is 1. The van der Waals surface area contributed by atoms with Gasteiger partial charge in [0, 0.05) is 9.86 Å². The highest BCUT2D eigenvalue weighted by Crippen LogP contribution is 2.34. The molecule has 0 fully saturated rings. The van der Waals surface area contributed by atoms with Crippen LogP contribution in [0, 0.1) is 3.57 Å². The molecule has 0 aliphatic rings. The van der Waals surface area contributed by atoms with Gasteiger partial charge in [0.25, 0.3) is 11.5 Å². The number of para-hydroxylation sites is 1. The number of aromatic nitrogens is 2. The van der Waals surface area contributed by atoms with Crippen LogP contribution in [0.3, 0.4) is 0 Å². The van der Waals surface area contributed by atoms with Crippen LogP contribution in [0.25, 0.3) is 33.5 Å². The fourth-order valence-electron chi connectivity index (χ4n) is 3.74. The van der Waals surface area contributed by atoms with Gasteiger partial charge in [-0.05, 0) is 76.7 Å². The van der Waals surface area contributed by atoms with Crippen molar-refractivity contribution in [1.29, 1.82) is 0 Å². The fraction of sp³-hybridized carbons (Fsp3) is 0.0769. The minimum absolute atomic E-state index is 0.260. The zero-order valence-corrected chi connectivity index (χ0v) is 23.0. The van der Waals surface area contributed by atoms with Gasteiger partial charge < -0.3 is 19.6 Å². The largest absolute Gasteiger partial charge is 0.493 e. The number of carbonyl (C=O) groups is 1. The summed E-state index contributed by atoms with van der Waals surface area (Å²) in [5, 5.41) is 5.76. The minimum atomic E-state index is -0.600. The third kappa shape index (κ3) is 5.09. The van der Waals surface area contributed by atoms with Crippen molar-refractivity contribution in [3.05, 3.63) is 84.6 Å². The zero-order chi connectivity index (χ0) is 26.1. The topological polar surface area (TPSA) is 122 Å². The van der Waals surface area contributed by atoms with Gasteiger partial charge in [0.15, 0.2) is 23.9 Å². The number of halogens is 2. The van der Waals surface area contributed by atoms with Gasteiger partial charge in [0.2, 0.25) is 5.82 Å². The highest BCUT2D eigenvalue weighted by atomic mass is 127. The van der Waals surface area contributed by atoms with E-state index < -0.39 is 5.91 Å². The Morgan fingerprint density at radius 1 is 1.22 bits per heavy atom. The van der Waals surface area contributed by atoms with Crippen molar-refractivity contribution < 1.29 is 18.7 Å². The van der Waals surface area contributed by atoms with E-state index in [2.05, 4.69) is 43.6 Å². The number of rotatable bonds is 7. The molecule has 37 heavy (non-hydrogen) atoms. The van der Waals surface area contributed by atoms with Crippen LogP contribution in [-0.2, 0) is 4.79 Å². The summed E-state index contributed by atoms with van der Waals surface area (Å²) in [5.41, 5.74) is 6.67. The third-order valence-corrected chi connectivity index (χ3v) is 6.68. The fourth-order valence-corrected chi connectivity index (χ4v) is 4.90. The molecule has 0 bridgehead atoms. The number of fused-ring (bicyclic) bond motifs is 2. The number of nitrogens with zero attached hydrogens (tertiary/aromatic N) is 3. The van der Waals surface area contributed by atoms with Gasteiger partial charge in [-0.1, -0.05) is 28.1 Å². The van der Waals surface area contributed by atoms with Gasteiger partial charge >= 0.3 is 0 Å². The molecular formula is C26H18BrIN4O5. The number of ether oxygens (including phenoxy) is 2. The molecular weight excluding hydrogens is 655 g/mol. The number of methoxy groups -OCH3 is 1. The lowest BCUT2D eigenvalue weighted by Crippen LogP contribution is -2.20. The molecule has 0 unspecified atom stereocenters. The normalized spacial score (nSPS) is 11.4. The van der Waals surface area contributed by atoms with Gasteiger partial charge in [0.1, 0.15) is 5.58 Å². The van der Waals surface area contributed by atoms with Crippen molar-refractivity contribution in [2.24, 2.45) is 10.8 Å². The lowest BCUT2D eigenvalue weighted by Gasteiger charge is -2.12. The Labute approximate surface area is 232 Å². The van der Waals surface area contributed by atoms with Crippen molar-refractivity contribution in [2.75, 3.05) is 13.7 Å². The summed E-state index contributed by atoms with van der Waals surface area (Å²) in [6, 6.07) is 18.0. The summed E-state index contributed by atoms with van der Waals surface area (Å²) in [6.07, 6.45) is 1.52. The summed E-state index contributed by atoms with van der Waals surface area (Å²) in [5.74, 6) is 0.835. The molecule has 0 saturated heterocycles. The monoisotopic (exact) mass is 672 g/mol. The minimum Gasteiger partial charge on any atom is -0.493 e. The molecule has 0 saturated carbocycles. The van der Waals surface area contributed by atoms with Crippen LogP contribution >= 0.6 is 38.5 Å². The first-order valence-corrected chi connectivity index (χ1v) is 12.8. The molecule has 0 aliphatic carbocycles. The number of hydrogen-bond acceptors (Lipinski definition) is 7. The molecule has 9 nitrogen and oxygen atoms in total. The Morgan fingerprint density at radius 3 is 2.81 bits per heavy atom. The van der Waals surface area contributed by atoms with Crippen LogP contribution < -0.4 is 20.8 Å². The van der Waals surface area contributed by atoms with E-state index in [0.717, 1.165) is 9.86 Å². The van der Waals surface area contributed by atoms with E-state index in [4.69, 9.17) is 24.6 Å². The van der Waals surface area contributed by atoms with E-state index in [-0.39, 0.29) is 18.0 Å². The highest BCUT2D eigenvalue weighted by molar-refractivity contribution is 14.1. The second kappa shape index (κ2) is 10.3.